The van der Waals surface area contributed by atoms with E-state index in [1.807, 2.05) is 13.8 Å². The quantitative estimate of drug-likeness (QED) is 0.662. The van der Waals surface area contributed by atoms with Crippen LogP contribution in [-0.4, -0.2) is 39.6 Å². The number of carbonyl (C=O) groups excluding carboxylic acids is 2. The standard InChI is InChI=1S/C17H22N4O3S2/c1-8-9(2)26-17-14(8)16(24)20-12(21-17)7-25-10(3)15(23)18-6-13(22)19-11-4-5-11/h10-11H,4-7H2,1-3H3,(H,18,23)(H,19,22)(H,20,21,24). The number of fused-ring (bicyclic) bond motifs is 1. The predicted molar refractivity (Wildman–Crippen MR) is 105 cm³/mol. The molecule has 1 aliphatic carbocycles. The summed E-state index contributed by atoms with van der Waals surface area (Å²) in [5.74, 6) is 0.620. The summed E-state index contributed by atoms with van der Waals surface area (Å²) in [4.78, 5) is 45.1. The van der Waals surface area contributed by atoms with E-state index in [0.29, 0.717) is 17.0 Å². The van der Waals surface area contributed by atoms with Crippen molar-refractivity contribution in [2.45, 2.75) is 50.7 Å². The van der Waals surface area contributed by atoms with Crippen molar-refractivity contribution >= 4 is 45.1 Å². The lowest BCUT2D eigenvalue weighted by atomic mass is 10.2. The first kappa shape index (κ1) is 18.9. The average Bonchev–Trinajstić information content (AvgIpc) is 3.35. The largest absolute Gasteiger partial charge is 0.352 e. The van der Waals surface area contributed by atoms with Crippen LogP contribution in [0.25, 0.3) is 10.2 Å². The van der Waals surface area contributed by atoms with E-state index in [0.717, 1.165) is 28.1 Å². The topological polar surface area (TPSA) is 104 Å². The molecule has 2 aromatic rings. The zero-order valence-corrected chi connectivity index (χ0v) is 16.6. The number of thiophene rings is 1. The molecule has 0 spiro atoms. The number of aromatic amines is 1. The molecular weight excluding hydrogens is 372 g/mol. The van der Waals surface area contributed by atoms with Crippen molar-refractivity contribution < 1.29 is 9.59 Å². The van der Waals surface area contributed by atoms with Gasteiger partial charge in [-0.05, 0) is 39.2 Å². The van der Waals surface area contributed by atoms with Crippen LogP contribution in [0.15, 0.2) is 4.79 Å². The smallest absolute Gasteiger partial charge is 0.259 e. The molecule has 0 aromatic carbocycles. The Bertz CT molecular complexity index is 901. The van der Waals surface area contributed by atoms with Crippen molar-refractivity contribution in [3.63, 3.8) is 0 Å². The van der Waals surface area contributed by atoms with E-state index in [4.69, 9.17) is 0 Å². The van der Waals surface area contributed by atoms with Gasteiger partial charge in [0.05, 0.1) is 22.9 Å². The number of nitrogens with zero attached hydrogens (tertiary/aromatic N) is 1. The second kappa shape index (κ2) is 7.79. The molecular formula is C17H22N4O3S2. The molecule has 7 nitrogen and oxygen atoms in total. The van der Waals surface area contributed by atoms with Gasteiger partial charge in [-0.15, -0.1) is 23.1 Å². The maximum absolute atomic E-state index is 12.3. The summed E-state index contributed by atoms with van der Waals surface area (Å²) >= 11 is 2.88. The number of H-pyrrole nitrogens is 1. The molecule has 1 unspecified atom stereocenters. The van der Waals surface area contributed by atoms with Gasteiger partial charge in [-0.2, -0.15) is 0 Å². The lowest BCUT2D eigenvalue weighted by Gasteiger charge is -2.11. The fourth-order valence-corrected chi connectivity index (χ4v) is 4.29. The summed E-state index contributed by atoms with van der Waals surface area (Å²) < 4.78 is 0. The van der Waals surface area contributed by atoms with Gasteiger partial charge in [0, 0.05) is 10.9 Å². The summed E-state index contributed by atoms with van der Waals surface area (Å²) in [6.45, 7) is 5.66. The van der Waals surface area contributed by atoms with Gasteiger partial charge in [0.25, 0.3) is 5.56 Å². The van der Waals surface area contributed by atoms with E-state index in [2.05, 4.69) is 20.6 Å². The van der Waals surface area contributed by atoms with E-state index >= 15 is 0 Å². The molecule has 1 atom stereocenters. The number of thioether (sulfide) groups is 1. The van der Waals surface area contributed by atoms with Crippen LogP contribution in [-0.2, 0) is 15.3 Å². The second-order valence-electron chi connectivity index (χ2n) is 6.49. The first-order chi connectivity index (χ1) is 12.3. The van der Waals surface area contributed by atoms with E-state index in [9.17, 15) is 14.4 Å². The van der Waals surface area contributed by atoms with Crippen molar-refractivity contribution in [2.24, 2.45) is 0 Å². The van der Waals surface area contributed by atoms with Gasteiger partial charge in [-0.1, -0.05) is 0 Å². The van der Waals surface area contributed by atoms with Crippen molar-refractivity contribution in [3.05, 3.63) is 26.6 Å². The highest BCUT2D eigenvalue weighted by Crippen LogP contribution is 2.26. The molecule has 2 amide bonds. The van der Waals surface area contributed by atoms with Crippen LogP contribution in [0.5, 0.6) is 0 Å². The lowest BCUT2D eigenvalue weighted by molar-refractivity contribution is -0.125. The molecule has 0 saturated heterocycles. The monoisotopic (exact) mass is 394 g/mol. The number of aromatic nitrogens is 2. The molecule has 0 radical (unpaired) electrons. The number of hydrogen-bond acceptors (Lipinski definition) is 6. The Balaban J connectivity index is 1.54. The van der Waals surface area contributed by atoms with Crippen LogP contribution >= 0.6 is 23.1 Å². The van der Waals surface area contributed by atoms with Crippen LogP contribution in [0.2, 0.25) is 0 Å². The van der Waals surface area contributed by atoms with Gasteiger partial charge in [0.15, 0.2) is 0 Å². The molecule has 2 aromatic heterocycles. The molecule has 3 rings (SSSR count). The average molecular weight is 395 g/mol. The van der Waals surface area contributed by atoms with Crippen LogP contribution in [0.4, 0.5) is 0 Å². The van der Waals surface area contributed by atoms with Crippen molar-refractivity contribution in [1.29, 1.82) is 0 Å². The molecule has 3 N–H and O–H groups in total. The Morgan fingerprint density at radius 1 is 1.38 bits per heavy atom. The molecule has 1 aliphatic rings. The van der Waals surface area contributed by atoms with Crippen molar-refractivity contribution in [2.75, 3.05) is 6.54 Å². The van der Waals surface area contributed by atoms with E-state index in [-0.39, 0.29) is 35.2 Å². The maximum Gasteiger partial charge on any atom is 0.259 e. The fraction of sp³-hybridized carbons (Fsp3) is 0.529. The van der Waals surface area contributed by atoms with Crippen LogP contribution in [0.1, 0.15) is 36.0 Å². The number of rotatable bonds is 7. The van der Waals surface area contributed by atoms with Crippen LogP contribution in [0.3, 0.4) is 0 Å². The van der Waals surface area contributed by atoms with E-state index in [1.54, 1.807) is 6.92 Å². The van der Waals surface area contributed by atoms with Crippen molar-refractivity contribution in [3.8, 4) is 0 Å². The Morgan fingerprint density at radius 3 is 2.81 bits per heavy atom. The third-order valence-corrected chi connectivity index (χ3v) is 6.55. The number of nitrogens with one attached hydrogen (secondary N) is 3. The Kier molecular flexibility index (Phi) is 5.67. The molecule has 0 aliphatic heterocycles. The maximum atomic E-state index is 12.3. The van der Waals surface area contributed by atoms with Gasteiger partial charge in [-0.3, -0.25) is 14.4 Å². The van der Waals surface area contributed by atoms with Gasteiger partial charge in [0.2, 0.25) is 11.8 Å². The molecule has 9 heteroatoms. The third kappa shape index (κ3) is 4.45. The number of hydrogen-bond donors (Lipinski definition) is 3. The first-order valence-electron chi connectivity index (χ1n) is 8.52. The van der Waals surface area contributed by atoms with Gasteiger partial charge < -0.3 is 15.6 Å². The van der Waals surface area contributed by atoms with Gasteiger partial charge in [-0.25, -0.2) is 4.98 Å². The lowest BCUT2D eigenvalue weighted by Crippen LogP contribution is -2.40. The predicted octanol–water partition coefficient (Wildman–Crippen LogP) is 1.62. The third-order valence-electron chi connectivity index (χ3n) is 4.29. The highest BCUT2D eigenvalue weighted by molar-refractivity contribution is 7.99. The van der Waals surface area contributed by atoms with E-state index < -0.39 is 0 Å². The van der Waals surface area contributed by atoms with Crippen molar-refractivity contribution in [1.82, 2.24) is 20.6 Å². The molecule has 1 fully saturated rings. The minimum absolute atomic E-state index is 0.00494. The van der Waals surface area contributed by atoms with E-state index in [1.165, 1.54) is 23.1 Å². The Morgan fingerprint density at radius 2 is 2.12 bits per heavy atom. The molecule has 1 saturated carbocycles. The van der Waals surface area contributed by atoms with Crippen LogP contribution in [0, 0.1) is 13.8 Å². The number of carbonyl (C=O) groups is 2. The molecule has 140 valence electrons. The normalized spacial score (nSPS) is 15.0. The number of amides is 2. The van der Waals surface area contributed by atoms with Gasteiger partial charge >= 0.3 is 0 Å². The number of aryl methyl sites for hydroxylation is 2. The zero-order valence-electron chi connectivity index (χ0n) is 15.0. The molecule has 0 bridgehead atoms. The molecule has 26 heavy (non-hydrogen) atoms. The Hall–Kier alpha value is -1.87. The molecule has 2 heterocycles. The summed E-state index contributed by atoms with van der Waals surface area (Å²) in [5.41, 5.74) is 0.830. The second-order valence-corrected chi connectivity index (χ2v) is 9.02. The summed E-state index contributed by atoms with van der Waals surface area (Å²) in [6, 6.07) is 0.286. The highest BCUT2D eigenvalue weighted by atomic mass is 32.2. The summed E-state index contributed by atoms with van der Waals surface area (Å²) in [6.07, 6.45) is 2.04. The summed E-state index contributed by atoms with van der Waals surface area (Å²) in [7, 11) is 0. The minimum Gasteiger partial charge on any atom is -0.352 e. The van der Waals surface area contributed by atoms with Gasteiger partial charge in [0.1, 0.15) is 10.7 Å². The first-order valence-corrected chi connectivity index (χ1v) is 10.4. The summed E-state index contributed by atoms with van der Waals surface area (Å²) in [5, 5.41) is 5.76. The van der Waals surface area contributed by atoms with Crippen LogP contribution < -0.4 is 16.2 Å². The highest BCUT2D eigenvalue weighted by Gasteiger charge is 2.23. The SMILES string of the molecule is Cc1sc2nc(CSC(C)C(=O)NCC(=O)NC3CC3)[nH]c(=O)c2c1C. The Labute approximate surface area is 159 Å². The zero-order chi connectivity index (χ0) is 18.8. The minimum atomic E-state index is -0.350. The fourth-order valence-electron chi connectivity index (χ4n) is 2.46.